The highest BCUT2D eigenvalue weighted by Crippen LogP contribution is 2.13. The molecule has 1 unspecified atom stereocenters. The lowest BCUT2D eigenvalue weighted by Crippen LogP contribution is -2.39. The van der Waals surface area contributed by atoms with Crippen LogP contribution >= 0.6 is 23.8 Å². The monoisotopic (exact) mass is 302 g/mol. The number of hydrogen-bond donors (Lipinski definition) is 2. The maximum atomic E-state index is 6.08. The van der Waals surface area contributed by atoms with Gasteiger partial charge in [0, 0.05) is 25.9 Å². The van der Waals surface area contributed by atoms with E-state index in [0.717, 1.165) is 38.2 Å². The highest BCUT2D eigenvalue weighted by Gasteiger charge is 2.15. The summed E-state index contributed by atoms with van der Waals surface area (Å²) in [6.45, 7) is 4.97. The van der Waals surface area contributed by atoms with Crippen LogP contribution in [0.4, 0.5) is 0 Å². The normalized spacial score (nSPS) is 18.5. The van der Waals surface area contributed by atoms with Crippen molar-refractivity contribution in [1.82, 2.24) is 20.4 Å². The predicted molar refractivity (Wildman–Crippen MR) is 79.3 cm³/mol. The van der Waals surface area contributed by atoms with Crippen LogP contribution in [-0.4, -0.2) is 34.1 Å². The van der Waals surface area contributed by atoms with E-state index in [1.807, 2.05) is 17.8 Å². The minimum atomic E-state index is 0.280. The first-order chi connectivity index (χ1) is 9.19. The standard InChI is InChI=1S/C12H19ClN4OS/c1-2-17-8-10(13)11(16-17)7-15-12(19)14-6-9-4-3-5-18-9/h8-9H,2-7H2,1H3,(H2,14,15,19). The Hall–Kier alpha value is -0.850. The van der Waals surface area contributed by atoms with Crippen LogP contribution in [-0.2, 0) is 17.8 Å². The highest BCUT2D eigenvalue weighted by atomic mass is 35.5. The molecule has 1 aromatic heterocycles. The minimum absolute atomic E-state index is 0.280. The van der Waals surface area contributed by atoms with Crippen LogP contribution in [0.2, 0.25) is 5.02 Å². The average Bonchev–Trinajstić information content (AvgIpc) is 3.03. The summed E-state index contributed by atoms with van der Waals surface area (Å²) in [5, 5.41) is 11.9. The fourth-order valence-corrected chi connectivity index (χ4v) is 2.33. The van der Waals surface area contributed by atoms with Crippen molar-refractivity contribution in [2.75, 3.05) is 13.2 Å². The Kier molecular flexibility index (Phi) is 5.42. The second-order valence-electron chi connectivity index (χ2n) is 4.48. The van der Waals surface area contributed by atoms with Crippen molar-refractivity contribution in [2.45, 2.75) is 39.0 Å². The Labute approximate surface area is 123 Å². The van der Waals surface area contributed by atoms with Crippen molar-refractivity contribution in [3.63, 3.8) is 0 Å². The van der Waals surface area contributed by atoms with E-state index in [1.165, 1.54) is 0 Å². The van der Waals surface area contributed by atoms with Gasteiger partial charge in [-0.25, -0.2) is 0 Å². The molecule has 106 valence electrons. The zero-order chi connectivity index (χ0) is 13.7. The summed E-state index contributed by atoms with van der Waals surface area (Å²) in [5.41, 5.74) is 0.810. The van der Waals surface area contributed by atoms with E-state index in [-0.39, 0.29) is 6.10 Å². The smallest absolute Gasteiger partial charge is 0.166 e. The van der Waals surface area contributed by atoms with Gasteiger partial charge in [0.2, 0.25) is 0 Å². The van der Waals surface area contributed by atoms with Gasteiger partial charge in [-0.05, 0) is 32.0 Å². The van der Waals surface area contributed by atoms with Gasteiger partial charge >= 0.3 is 0 Å². The Morgan fingerprint density at radius 3 is 3.11 bits per heavy atom. The molecule has 0 amide bonds. The summed E-state index contributed by atoms with van der Waals surface area (Å²) in [7, 11) is 0. The van der Waals surface area contributed by atoms with Crippen LogP contribution in [0, 0.1) is 0 Å². The third-order valence-electron chi connectivity index (χ3n) is 3.04. The van der Waals surface area contributed by atoms with Gasteiger partial charge in [-0.1, -0.05) is 11.6 Å². The Balaban J connectivity index is 1.71. The van der Waals surface area contributed by atoms with E-state index in [0.29, 0.717) is 16.7 Å². The van der Waals surface area contributed by atoms with Crippen molar-refractivity contribution in [1.29, 1.82) is 0 Å². The van der Waals surface area contributed by atoms with Crippen LogP contribution in [0.1, 0.15) is 25.5 Å². The molecule has 1 aliphatic heterocycles. The van der Waals surface area contributed by atoms with Gasteiger partial charge < -0.3 is 15.4 Å². The summed E-state index contributed by atoms with van der Waals surface area (Å²) in [5.74, 6) is 0. The molecule has 1 aliphatic rings. The van der Waals surface area contributed by atoms with Gasteiger partial charge in [0.05, 0.1) is 17.7 Å². The molecule has 1 aromatic rings. The van der Waals surface area contributed by atoms with E-state index >= 15 is 0 Å². The van der Waals surface area contributed by atoms with Gasteiger partial charge in [-0.2, -0.15) is 5.10 Å². The number of halogens is 1. The Morgan fingerprint density at radius 1 is 1.63 bits per heavy atom. The van der Waals surface area contributed by atoms with Crippen molar-refractivity contribution >= 4 is 28.9 Å². The van der Waals surface area contributed by atoms with Crippen molar-refractivity contribution in [2.24, 2.45) is 0 Å². The van der Waals surface area contributed by atoms with Crippen LogP contribution in [0.3, 0.4) is 0 Å². The quantitative estimate of drug-likeness (QED) is 0.811. The van der Waals surface area contributed by atoms with Crippen LogP contribution in [0.25, 0.3) is 0 Å². The fraction of sp³-hybridized carbons (Fsp3) is 0.667. The van der Waals surface area contributed by atoms with Crippen molar-refractivity contribution in [3.05, 3.63) is 16.9 Å². The summed E-state index contributed by atoms with van der Waals surface area (Å²) in [6, 6.07) is 0. The molecule has 0 spiro atoms. The number of rotatable bonds is 5. The molecule has 0 saturated carbocycles. The molecule has 0 aromatic carbocycles. The molecule has 1 atom stereocenters. The topological polar surface area (TPSA) is 51.1 Å². The number of thiocarbonyl (C=S) groups is 1. The lowest BCUT2D eigenvalue weighted by atomic mass is 10.2. The molecule has 2 heterocycles. The van der Waals surface area contributed by atoms with E-state index in [1.54, 1.807) is 0 Å². The SMILES string of the molecule is CCn1cc(Cl)c(CNC(=S)NCC2CCCO2)n1. The molecule has 1 saturated heterocycles. The van der Waals surface area contributed by atoms with E-state index in [2.05, 4.69) is 15.7 Å². The number of ether oxygens (including phenoxy) is 1. The molecule has 2 rings (SSSR count). The van der Waals surface area contributed by atoms with Gasteiger partial charge in [0.25, 0.3) is 0 Å². The first kappa shape index (κ1) is 14.6. The van der Waals surface area contributed by atoms with Crippen molar-refractivity contribution in [3.8, 4) is 0 Å². The number of nitrogens with one attached hydrogen (secondary N) is 2. The third kappa shape index (κ3) is 4.33. The molecule has 7 heteroatoms. The molecular weight excluding hydrogens is 284 g/mol. The molecule has 2 N–H and O–H groups in total. The van der Waals surface area contributed by atoms with Crippen molar-refractivity contribution < 1.29 is 4.74 Å². The fourth-order valence-electron chi connectivity index (χ4n) is 1.96. The second kappa shape index (κ2) is 7.07. The Morgan fingerprint density at radius 2 is 2.47 bits per heavy atom. The van der Waals surface area contributed by atoms with Crippen LogP contribution in [0.15, 0.2) is 6.20 Å². The van der Waals surface area contributed by atoms with Gasteiger partial charge in [-0.15, -0.1) is 0 Å². The molecule has 0 aliphatic carbocycles. The number of aromatic nitrogens is 2. The van der Waals surface area contributed by atoms with Gasteiger partial charge in [0.15, 0.2) is 5.11 Å². The summed E-state index contributed by atoms with van der Waals surface area (Å²) < 4.78 is 7.32. The lowest BCUT2D eigenvalue weighted by Gasteiger charge is -2.13. The molecule has 19 heavy (non-hydrogen) atoms. The largest absolute Gasteiger partial charge is 0.376 e. The number of nitrogens with zero attached hydrogens (tertiary/aromatic N) is 2. The zero-order valence-corrected chi connectivity index (χ0v) is 12.6. The Bertz CT molecular complexity index is 431. The highest BCUT2D eigenvalue weighted by molar-refractivity contribution is 7.80. The molecule has 0 bridgehead atoms. The molecule has 1 fully saturated rings. The first-order valence-electron chi connectivity index (χ1n) is 6.54. The minimum Gasteiger partial charge on any atom is -0.376 e. The number of aryl methyl sites for hydroxylation is 1. The molecule has 0 radical (unpaired) electrons. The predicted octanol–water partition coefficient (Wildman–Crippen LogP) is 1.70. The second-order valence-corrected chi connectivity index (χ2v) is 5.29. The van der Waals surface area contributed by atoms with Gasteiger partial charge in [-0.3, -0.25) is 4.68 Å². The van der Waals surface area contributed by atoms with E-state index in [9.17, 15) is 0 Å². The summed E-state index contributed by atoms with van der Waals surface area (Å²) in [4.78, 5) is 0. The maximum absolute atomic E-state index is 6.08. The summed E-state index contributed by atoms with van der Waals surface area (Å²) >= 11 is 11.3. The van der Waals surface area contributed by atoms with E-state index in [4.69, 9.17) is 28.6 Å². The third-order valence-corrected chi connectivity index (χ3v) is 3.65. The van der Waals surface area contributed by atoms with Crippen LogP contribution in [0.5, 0.6) is 0 Å². The van der Waals surface area contributed by atoms with Crippen LogP contribution < -0.4 is 10.6 Å². The molecule has 5 nitrogen and oxygen atoms in total. The zero-order valence-electron chi connectivity index (χ0n) is 11.0. The lowest BCUT2D eigenvalue weighted by molar-refractivity contribution is 0.114. The average molecular weight is 303 g/mol. The first-order valence-corrected chi connectivity index (χ1v) is 7.32. The molecular formula is C12H19ClN4OS. The summed E-state index contributed by atoms with van der Waals surface area (Å²) in [6.07, 6.45) is 4.34. The van der Waals surface area contributed by atoms with Gasteiger partial charge in [0.1, 0.15) is 5.69 Å². The number of hydrogen-bond acceptors (Lipinski definition) is 3. The van der Waals surface area contributed by atoms with E-state index < -0.39 is 0 Å². The maximum Gasteiger partial charge on any atom is 0.166 e.